The molecule has 3 heteroatoms. The Labute approximate surface area is 78.2 Å². The van der Waals surface area contributed by atoms with E-state index in [9.17, 15) is 0 Å². The van der Waals surface area contributed by atoms with Crippen molar-refractivity contribution in [3.63, 3.8) is 0 Å². The molecular formula is C9H13ClN2. The predicted molar refractivity (Wildman–Crippen MR) is 52.7 cm³/mol. The van der Waals surface area contributed by atoms with Gasteiger partial charge in [0.15, 0.2) is 0 Å². The molecule has 0 aliphatic rings. The number of nitrogens with zero attached hydrogens (tertiary/aromatic N) is 2. The largest absolute Gasteiger partial charge is 0.360 e. The van der Waals surface area contributed by atoms with Gasteiger partial charge < -0.3 is 4.90 Å². The van der Waals surface area contributed by atoms with Crippen molar-refractivity contribution in [3.8, 4) is 0 Å². The van der Waals surface area contributed by atoms with Crippen molar-refractivity contribution in [3.05, 3.63) is 23.9 Å². The molecule has 0 spiro atoms. The summed E-state index contributed by atoms with van der Waals surface area (Å²) in [6, 6.07) is 5.89. The Hall–Kier alpha value is -0.760. The molecular weight excluding hydrogens is 172 g/mol. The molecule has 0 saturated heterocycles. The Morgan fingerprint density at radius 2 is 2.25 bits per heavy atom. The maximum atomic E-state index is 5.67. The molecule has 0 N–H and O–H groups in total. The average Bonchev–Trinajstić information content (AvgIpc) is 2.17. The summed E-state index contributed by atoms with van der Waals surface area (Å²) in [7, 11) is 2.01. The van der Waals surface area contributed by atoms with Gasteiger partial charge in [-0.15, -0.1) is 11.6 Å². The number of hydrogen-bond donors (Lipinski definition) is 0. The van der Waals surface area contributed by atoms with Gasteiger partial charge in [0.1, 0.15) is 5.82 Å². The fourth-order valence-corrected chi connectivity index (χ4v) is 1.06. The Balaban J connectivity index is 2.86. The summed E-state index contributed by atoms with van der Waals surface area (Å²) < 4.78 is 0. The molecule has 0 aliphatic carbocycles. The molecule has 1 aromatic rings. The number of anilines is 1. The Bertz CT molecular complexity index is 250. The van der Waals surface area contributed by atoms with Crippen molar-refractivity contribution in [2.45, 2.75) is 12.8 Å². The quantitative estimate of drug-likeness (QED) is 0.671. The molecule has 0 amide bonds. The molecule has 1 heterocycles. The molecule has 0 radical (unpaired) electrons. The van der Waals surface area contributed by atoms with Crippen LogP contribution in [0.5, 0.6) is 0 Å². The lowest BCUT2D eigenvalue weighted by molar-refractivity contribution is 0.929. The molecule has 0 aliphatic heterocycles. The van der Waals surface area contributed by atoms with Gasteiger partial charge >= 0.3 is 0 Å². The number of halogens is 1. The van der Waals surface area contributed by atoms with Crippen LogP contribution < -0.4 is 4.90 Å². The summed E-state index contributed by atoms with van der Waals surface area (Å²) >= 11 is 5.67. The fraction of sp³-hybridized carbons (Fsp3) is 0.444. The smallest absolute Gasteiger partial charge is 0.128 e. The average molecular weight is 185 g/mol. The highest BCUT2D eigenvalue weighted by molar-refractivity contribution is 6.16. The number of hydrogen-bond acceptors (Lipinski definition) is 2. The topological polar surface area (TPSA) is 16.1 Å². The summed E-state index contributed by atoms with van der Waals surface area (Å²) in [6.07, 6.45) is 0. The molecule has 1 aromatic heterocycles. The SMILES string of the molecule is CCN(C)c1cccc(CCl)n1. The van der Waals surface area contributed by atoms with Crippen molar-refractivity contribution in [1.29, 1.82) is 0 Å². The number of pyridine rings is 1. The van der Waals surface area contributed by atoms with Crippen LogP contribution in [0.25, 0.3) is 0 Å². The third-order valence-corrected chi connectivity index (χ3v) is 2.07. The van der Waals surface area contributed by atoms with Gasteiger partial charge in [0.2, 0.25) is 0 Å². The van der Waals surface area contributed by atoms with Crippen LogP contribution in [0.1, 0.15) is 12.6 Å². The highest BCUT2D eigenvalue weighted by atomic mass is 35.5. The molecule has 0 fully saturated rings. The zero-order valence-corrected chi connectivity index (χ0v) is 8.17. The first-order chi connectivity index (χ1) is 5.77. The summed E-state index contributed by atoms with van der Waals surface area (Å²) in [5.41, 5.74) is 0.925. The first-order valence-corrected chi connectivity index (χ1v) is 4.54. The van der Waals surface area contributed by atoms with Crippen LogP contribution >= 0.6 is 11.6 Å². The lowest BCUT2D eigenvalue weighted by Gasteiger charge is -2.15. The zero-order chi connectivity index (χ0) is 8.97. The minimum atomic E-state index is 0.478. The van der Waals surface area contributed by atoms with Gasteiger partial charge in [0.05, 0.1) is 11.6 Å². The van der Waals surface area contributed by atoms with Gasteiger partial charge in [-0.1, -0.05) is 6.07 Å². The monoisotopic (exact) mass is 184 g/mol. The second-order valence-corrected chi connectivity index (χ2v) is 2.90. The van der Waals surface area contributed by atoms with Gasteiger partial charge in [0, 0.05) is 13.6 Å². The van der Waals surface area contributed by atoms with Crippen molar-refractivity contribution < 1.29 is 0 Å². The number of alkyl halides is 1. The standard InChI is InChI=1S/C9H13ClN2/c1-3-12(2)9-6-4-5-8(7-10)11-9/h4-6H,3,7H2,1-2H3. The lowest BCUT2D eigenvalue weighted by atomic mass is 10.3. The molecule has 12 heavy (non-hydrogen) atoms. The molecule has 0 unspecified atom stereocenters. The minimum Gasteiger partial charge on any atom is -0.360 e. The van der Waals surface area contributed by atoms with E-state index in [0.717, 1.165) is 18.1 Å². The van der Waals surface area contributed by atoms with Crippen LogP contribution in [0.3, 0.4) is 0 Å². The number of aromatic nitrogens is 1. The molecule has 1 rings (SSSR count). The highest BCUT2D eigenvalue weighted by Crippen LogP contribution is 2.10. The second-order valence-electron chi connectivity index (χ2n) is 2.63. The maximum Gasteiger partial charge on any atom is 0.128 e. The van der Waals surface area contributed by atoms with Crippen molar-refractivity contribution in [1.82, 2.24) is 4.98 Å². The lowest BCUT2D eigenvalue weighted by Crippen LogP contribution is -2.17. The van der Waals surface area contributed by atoms with Crippen molar-refractivity contribution in [2.75, 3.05) is 18.5 Å². The highest BCUT2D eigenvalue weighted by Gasteiger charge is 1.99. The molecule has 2 nitrogen and oxygen atoms in total. The first-order valence-electron chi connectivity index (χ1n) is 4.01. The third kappa shape index (κ3) is 2.11. The Morgan fingerprint density at radius 3 is 2.83 bits per heavy atom. The van der Waals surface area contributed by atoms with E-state index >= 15 is 0 Å². The van der Waals surface area contributed by atoms with E-state index in [0.29, 0.717) is 5.88 Å². The molecule has 66 valence electrons. The molecule has 0 saturated carbocycles. The summed E-state index contributed by atoms with van der Waals surface area (Å²) in [6.45, 7) is 3.05. The van der Waals surface area contributed by atoms with Crippen LogP contribution in [0, 0.1) is 0 Å². The fourth-order valence-electron chi connectivity index (χ4n) is 0.916. The predicted octanol–water partition coefficient (Wildman–Crippen LogP) is 2.28. The van der Waals surface area contributed by atoms with Crippen LogP contribution in [-0.4, -0.2) is 18.6 Å². The van der Waals surface area contributed by atoms with Crippen LogP contribution in [0.4, 0.5) is 5.82 Å². The van der Waals surface area contributed by atoms with E-state index < -0.39 is 0 Å². The summed E-state index contributed by atoms with van der Waals surface area (Å²) in [5, 5.41) is 0. The molecule has 0 atom stereocenters. The molecule has 0 bridgehead atoms. The van der Waals surface area contributed by atoms with Crippen molar-refractivity contribution in [2.24, 2.45) is 0 Å². The van der Waals surface area contributed by atoms with E-state index in [1.807, 2.05) is 25.2 Å². The van der Waals surface area contributed by atoms with Gasteiger partial charge in [-0.25, -0.2) is 4.98 Å². The van der Waals surface area contributed by atoms with Crippen LogP contribution in [0.15, 0.2) is 18.2 Å². The Kier molecular flexibility index (Phi) is 3.35. The van der Waals surface area contributed by atoms with Gasteiger partial charge in [-0.2, -0.15) is 0 Å². The minimum absolute atomic E-state index is 0.478. The maximum absolute atomic E-state index is 5.67. The van der Waals surface area contributed by atoms with E-state index in [4.69, 9.17) is 11.6 Å². The van der Waals surface area contributed by atoms with Gasteiger partial charge in [-0.3, -0.25) is 0 Å². The summed E-state index contributed by atoms with van der Waals surface area (Å²) in [5.74, 6) is 1.46. The normalized spacial score (nSPS) is 9.92. The van der Waals surface area contributed by atoms with Gasteiger partial charge in [-0.05, 0) is 19.1 Å². The van der Waals surface area contributed by atoms with Crippen LogP contribution in [0.2, 0.25) is 0 Å². The van der Waals surface area contributed by atoms with E-state index in [1.54, 1.807) is 0 Å². The Morgan fingerprint density at radius 1 is 1.50 bits per heavy atom. The second kappa shape index (κ2) is 4.31. The van der Waals surface area contributed by atoms with E-state index in [-0.39, 0.29) is 0 Å². The summed E-state index contributed by atoms with van der Waals surface area (Å²) in [4.78, 5) is 6.44. The number of rotatable bonds is 3. The zero-order valence-electron chi connectivity index (χ0n) is 7.42. The third-order valence-electron chi connectivity index (χ3n) is 1.79. The van der Waals surface area contributed by atoms with Gasteiger partial charge in [0.25, 0.3) is 0 Å². The van der Waals surface area contributed by atoms with E-state index in [2.05, 4.69) is 16.8 Å². The van der Waals surface area contributed by atoms with Crippen molar-refractivity contribution >= 4 is 17.4 Å². The van der Waals surface area contributed by atoms with E-state index in [1.165, 1.54) is 0 Å². The molecule has 0 aromatic carbocycles. The van der Waals surface area contributed by atoms with Crippen LogP contribution in [-0.2, 0) is 5.88 Å². The first kappa shape index (κ1) is 9.33.